The number of aromatic amines is 1. The summed E-state index contributed by atoms with van der Waals surface area (Å²) in [6.45, 7) is 3.37. The fourth-order valence-corrected chi connectivity index (χ4v) is 4.26. The number of methoxy groups -OCH3 is 3. The monoisotopic (exact) mass is 511 g/mol. The Morgan fingerprint density at radius 2 is 1.62 bits per heavy atom. The number of benzene rings is 2. The number of hydrogen-bond acceptors (Lipinski definition) is 8. The van der Waals surface area contributed by atoms with E-state index in [4.69, 9.17) is 14.2 Å². The van der Waals surface area contributed by atoms with Gasteiger partial charge in [0.2, 0.25) is 11.7 Å². The molecule has 1 aromatic heterocycles. The summed E-state index contributed by atoms with van der Waals surface area (Å²) >= 11 is 0. The van der Waals surface area contributed by atoms with Crippen molar-refractivity contribution in [2.45, 2.75) is 19.4 Å². The summed E-state index contributed by atoms with van der Waals surface area (Å²) in [5.74, 6) is 1.24. The van der Waals surface area contributed by atoms with E-state index < -0.39 is 5.56 Å². The van der Waals surface area contributed by atoms with Gasteiger partial charge >= 0.3 is 0 Å². The minimum absolute atomic E-state index is 0.0312. The fraction of sp³-hybridized carbons (Fsp3) is 0.385. The highest BCUT2D eigenvalue weighted by Crippen LogP contribution is 2.40. The Balaban J connectivity index is 1.34. The second-order valence-electron chi connectivity index (χ2n) is 8.65. The smallest absolute Gasteiger partial charge is 0.273 e. The topological polar surface area (TPSA) is 110 Å². The molecular weight excluding hydrogens is 481 g/mol. The molecule has 4 rings (SSSR count). The van der Waals surface area contributed by atoms with Crippen molar-refractivity contribution in [3.8, 4) is 28.6 Å². The Kier molecular flexibility index (Phi) is 8.34. The number of rotatable bonds is 9. The molecule has 3 aromatic rings. The number of nitrogens with one attached hydrogen (secondary N) is 1. The lowest BCUT2D eigenvalue weighted by atomic mass is 10.1. The molecule has 0 radical (unpaired) electrons. The van der Waals surface area contributed by atoms with Crippen molar-refractivity contribution in [1.29, 1.82) is 0 Å². The zero-order valence-electron chi connectivity index (χ0n) is 21.1. The molecule has 0 spiro atoms. The van der Waals surface area contributed by atoms with Gasteiger partial charge in [-0.15, -0.1) is 10.2 Å². The maximum atomic E-state index is 13.1. The molecule has 196 valence electrons. The molecular formula is C26H30FN5O5. The molecule has 1 saturated heterocycles. The average Bonchev–Trinajstić information content (AvgIpc) is 2.92. The Morgan fingerprint density at radius 3 is 2.19 bits per heavy atom. The number of aryl methyl sites for hydroxylation is 1. The first-order chi connectivity index (χ1) is 17.9. The van der Waals surface area contributed by atoms with Gasteiger partial charge in [0, 0.05) is 51.1 Å². The van der Waals surface area contributed by atoms with Crippen molar-refractivity contribution in [3.63, 3.8) is 0 Å². The molecule has 0 aliphatic carbocycles. The lowest BCUT2D eigenvalue weighted by molar-refractivity contribution is -0.133. The number of amides is 1. The Bertz CT molecular complexity index is 1260. The Labute approximate surface area is 214 Å². The quantitative estimate of drug-likeness (QED) is 0.466. The van der Waals surface area contributed by atoms with E-state index in [0.29, 0.717) is 42.4 Å². The first-order valence-corrected chi connectivity index (χ1v) is 11.9. The van der Waals surface area contributed by atoms with E-state index in [1.165, 1.54) is 33.5 Å². The van der Waals surface area contributed by atoms with Crippen LogP contribution in [0.4, 0.5) is 4.39 Å². The van der Waals surface area contributed by atoms with Gasteiger partial charge in [0.05, 0.1) is 21.3 Å². The van der Waals surface area contributed by atoms with Crippen LogP contribution in [0.25, 0.3) is 11.4 Å². The van der Waals surface area contributed by atoms with E-state index in [-0.39, 0.29) is 36.1 Å². The number of nitrogens with zero attached hydrogens (tertiary/aromatic N) is 4. The summed E-state index contributed by atoms with van der Waals surface area (Å²) in [7, 11) is 4.51. The highest BCUT2D eigenvalue weighted by molar-refractivity contribution is 5.76. The van der Waals surface area contributed by atoms with E-state index in [1.54, 1.807) is 29.2 Å². The molecule has 0 bridgehead atoms. The van der Waals surface area contributed by atoms with Gasteiger partial charge in [0.25, 0.3) is 5.56 Å². The number of halogens is 1. The van der Waals surface area contributed by atoms with Gasteiger partial charge in [0.15, 0.2) is 17.3 Å². The second kappa shape index (κ2) is 11.8. The van der Waals surface area contributed by atoms with Crippen LogP contribution in [0.3, 0.4) is 0 Å². The zero-order chi connectivity index (χ0) is 26.4. The van der Waals surface area contributed by atoms with Crippen molar-refractivity contribution in [3.05, 3.63) is 63.8 Å². The molecule has 1 aliphatic heterocycles. The van der Waals surface area contributed by atoms with Crippen LogP contribution in [-0.4, -0.2) is 78.4 Å². The highest BCUT2D eigenvalue weighted by atomic mass is 19.1. The molecule has 1 N–H and O–H groups in total. The lowest BCUT2D eigenvalue weighted by Gasteiger charge is -2.34. The average molecular weight is 512 g/mol. The SMILES string of the molecule is COc1cc(-c2nnc(CCC(=O)N3CCN(Cc4ccc(F)cc4)CC3)c(=O)[nH]2)cc(OC)c1OC. The summed E-state index contributed by atoms with van der Waals surface area (Å²) in [6, 6.07) is 9.80. The molecule has 1 aliphatic rings. The van der Waals surface area contributed by atoms with Crippen LogP contribution in [0.15, 0.2) is 41.2 Å². The largest absolute Gasteiger partial charge is 0.493 e. The number of ether oxygens (including phenoxy) is 3. The van der Waals surface area contributed by atoms with Gasteiger partial charge in [0.1, 0.15) is 11.5 Å². The summed E-state index contributed by atoms with van der Waals surface area (Å²) in [6.07, 6.45) is 0.353. The van der Waals surface area contributed by atoms with Crippen molar-refractivity contribution < 1.29 is 23.4 Å². The van der Waals surface area contributed by atoms with Gasteiger partial charge in [-0.05, 0) is 29.8 Å². The summed E-state index contributed by atoms with van der Waals surface area (Å²) < 4.78 is 29.1. The van der Waals surface area contributed by atoms with E-state index in [1.807, 2.05) is 0 Å². The van der Waals surface area contributed by atoms with Crippen LogP contribution >= 0.6 is 0 Å². The zero-order valence-corrected chi connectivity index (χ0v) is 21.1. The van der Waals surface area contributed by atoms with Crippen molar-refractivity contribution in [2.24, 2.45) is 0 Å². The maximum absolute atomic E-state index is 13.1. The second-order valence-corrected chi connectivity index (χ2v) is 8.65. The van der Waals surface area contributed by atoms with E-state index in [9.17, 15) is 14.0 Å². The van der Waals surface area contributed by atoms with Crippen LogP contribution < -0.4 is 19.8 Å². The van der Waals surface area contributed by atoms with Crippen molar-refractivity contribution >= 4 is 5.91 Å². The first kappa shape index (κ1) is 26.1. The fourth-order valence-electron chi connectivity index (χ4n) is 4.26. The molecule has 1 amide bonds. The molecule has 0 saturated carbocycles. The molecule has 37 heavy (non-hydrogen) atoms. The number of piperazine rings is 1. The molecule has 0 unspecified atom stereocenters. The van der Waals surface area contributed by atoms with Gasteiger partial charge < -0.3 is 24.1 Å². The van der Waals surface area contributed by atoms with Crippen LogP contribution in [0.1, 0.15) is 17.7 Å². The Hall–Kier alpha value is -3.99. The van der Waals surface area contributed by atoms with E-state index in [0.717, 1.165) is 18.7 Å². The summed E-state index contributed by atoms with van der Waals surface area (Å²) in [5, 5.41) is 8.23. The predicted octanol–water partition coefficient (Wildman–Crippen LogP) is 2.27. The lowest BCUT2D eigenvalue weighted by Crippen LogP contribution is -2.48. The highest BCUT2D eigenvalue weighted by Gasteiger charge is 2.22. The Morgan fingerprint density at radius 1 is 0.973 bits per heavy atom. The maximum Gasteiger partial charge on any atom is 0.273 e. The molecule has 10 nitrogen and oxygen atoms in total. The minimum atomic E-state index is -0.407. The van der Waals surface area contributed by atoms with Crippen LogP contribution in [0.2, 0.25) is 0 Å². The van der Waals surface area contributed by atoms with Crippen LogP contribution in [0, 0.1) is 5.82 Å². The molecule has 11 heteroatoms. The third-order valence-corrected chi connectivity index (χ3v) is 6.32. The number of H-pyrrole nitrogens is 1. The number of carbonyl (C=O) groups excluding carboxylic acids is 1. The normalized spacial score (nSPS) is 13.9. The number of carbonyl (C=O) groups is 1. The van der Waals surface area contributed by atoms with Gasteiger partial charge in [-0.3, -0.25) is 14.5 Å². The number of aromatic nitrogens is 3. The molecule has 2 aromatic carbocycles. The molecule has 1 fully saturated rings. The van der Waals surface area contributed by atoms with Crippen LogP contribution in [0.5, 0.6) is 17.2 Å². The molecule has 0 atom stereocenters. The summed E-state index contributed by atoms with van der Waals surface area (Å²) in [5.41, 5.74) is 1.37. The van der Waals surface area contributed by atoms with Crippen LogP contribution in [-0.2, 0) is 17.8 Å². The first-order valence-electron chi connectivity index (χ1n) is 11.9. The number of hydrogen-bond donors (Lipinski definition) is 1. The third kappa shape index (κ3) is 6.23. The predicted molar refractivity (Wildman–Crippen MR) is 134 cm³/mol. The van der Waals surface area contributed by atoms with Gasteiger partial charge in [-0.2, -0.15) is 0 Å². The standard InChI is InChI=1S/C26H30FN5O5/c1-35-21-14-18(15-22(36-2)24(21)37-3)25-28-26(34)20(29-30-25)8-9-23(33)32-12-10-31(11-13-32)16-17-4-6-19(27)7-5-17/h4-7,14-15H,8-13,16H2,1-3H3,(H,28,30,34). The summed E-state index contributed by atoms with van der Waals surface area (Å²) in [4.78, 5) is 32.2. The van der Waals surface area contributed by atoms with Crippen molar-refractivity contribution in [1.82, 2.24) is 25.0 Å². The van der Waals surface area contributed by atoms with Gasteiger partial charge in [-0.25, -0.2) is 4.39 Å². The third-order valence-electron chi connectivity index (χ3n) is 6.32. The van der Waals surface area contributed by atoms with Gasteiger partial charge in [-0.1, -0.05) is 12.1 Å². The molecule has 2 heterocycles. The minimum Gasteiger partial charge on any atom is -0.493 e. The van der Waals surface area contributed by atoms with Crippen molar-refractivity contribution in [2.75, 3.05) is 47.5 Å². The van der Waals surface area contributed by atoms with E-state index >= 15 is 0 Å². The van der Waals surface area contributed by atoms with E-state index in [2.05, 4.69) is 20.1 Å².